The summed E-state index contributed by atoms with van der Waals surface area (Å²) in [5, 5.41) is 0. The van der Waals surface area contributed by atoms with Gasteiger partial charge >= 0.3 is 12.1 Å². The average molecular weight is 238 g/mol. The van der Waals surface area contributed by atoms with Gasteiger partial charge in [0.25, 0.3) is 0 Å². The summed E-state index contributed by atoms with van der Waals surface area (Å²) < 4.78 is 40.4. The fourth-order valence-electron chi connectivity index (χ4n) is 1.16. The van der Waals surface area contributed by atoms with Crippen LogP contribution in [0.15, 0.2) is 11.1 Å². The predicted molar refractivity (Wildman–Crippen MR) is 54.9 cm³/mol. The van der Waals surface area contributed by atoms with Gasteiger partial charge in [0.2, 0.25) is 0 Å². The van der Waals surface area contributed by atoms with E-state index in [2.05, 4.69) is 0 Å². The molecule has 0 aliphatic rings. The van der Waals surface area contributed by atoms with Gasteiger partial charge in [-0.15, -0.1) is 0 Å². The van der Waals surface area contributed by atoms with Crippen LogP contribution in [0.3, 0.4) is 0 Å². The second kappa shape index (κ2) is 6.55. The van der Waals surface area contributed by atoms with Gasteiger partial charge in [0.1, 0.15) is 0 Å². The van der Waals surface area contributed by atoms with Gasteiger partial charge in [0.05, 0.1) is 6.61 Å². The number of halogens is 3. The standard InChI is InChI=1S/C11H17F3O2/c1-4-16-10(15)9(3)8(2)6-5-7-11(12,13)14/h4-7H2,1-3H3. The lowest BCUT2D eigenvalue weighted by Crippen LogP contribution is -2.09. The molecule has 0 radical (unpaired) electrons. The van der Waals surface area contributed by atoms with Gasteiger partial charge in [-0.3, -0.25) is 0 Å². The summed E-state index contributed by atoms with van der Waals surface area (Å²) >= 11 is 0. The Kier molecular flexibility index (Phi) is 6.14. The number of alkyl halides is 3. The van der Waals surface area contributed by atoms with Gasteiger partial charge in [0.15, 0.2) is 0 Å². The van der Waals surface area contributed by atoms with E-state index in [0.717, 1.165) is 0 Å². The monoisotopic (exact) mass is 238 g/mol. The first-order valence-corrected chi connectivity index (χ1v) is 5.18. The lowest BCUT2D eigenvalue weighted by Gasteiger charge is -2.08. The minimum absolute atomic E-state index is 0.00603. The number of hydrogen-bond acceptors (Lipinski definition) is 2. The molecule has 0 spiro atoms. The number of hydrogen-bond donors (Lipinski definition) is 0. The largest absolute Gasteiger partial charge is 0.463 e. The number of ether oxygens (including phenoxy) is 1. The summed E-state index contributed by atoms with van der Waals surface area (Å²) in [7, 11) is 0. The topological polar surface area (TPSA) is 26.3 Å². The third-order valence-corrected chi connectivity index (χ3v) is 2.23. The number of rotatable bonds is 5. The maximum absolute atomic E-state index is 11.9. The highest BCUT2D eigenvalue weighted by Gasteiger charge is 2.26. The third-order valence-electron chi connectivity index (χ3n) is 2.23. The number of esters is 1. The molecule has 0 fully saturated rings. The Hall–Kier alpha value is -1.00. The van der Waals surface area contributed by atoms with E-state index in [1.165, 1.54) is 0 Å². The Bertz CT molecular complexity index is 267. The van der Waals surface area contributed by atoms with Crippen molar-refractivity contribution in [2.75, 3.05) is 6.61 Å². The number of carbonyl (C=O) groups is 1. The van der Waals surface area contributed by atoms with Crippen LogP contribution in [0.5, 0.6) is 0 Å². The van der Waals surface area contributed by atoms with E-state index in [1.54, 1.807) is 20.8 Å². The summed E-state index contributed by atoms with van der Waals surface area (Å²) in [5.74, 6) is -0.452. The Morgan fingerprint density at radius 2 is 1.81 bits per heavy atom. The average Bonchev–Trinajstić information content (AvgIpc) is 2.14. The molecule has 0 rings (SSSR count). The summed E-state index contributed by atoms with van der Waals surface area (Å²) in [5.41, 5.74) is 1.06. The second-order valence-corrected chi connectivity index (χ2v) is 3.59. The summed E-state index contributed by atoms with van der Waals surface area (Å²) in [4.78, 5) is 11.2. The summed E-state index contributed by atoms with van der Waals surface area (Å²) in [6.45, 7) is 5.18. The molecule has 16 heavy (non-hydrogen) atoms. The molecular formula is C11H17F3O2. The molecule has 0 aromatic carbocycles. The van der Waals surface area contributed by atoms with Crippen LogP contribution >= 0.6 is 0 Å². The van der Waals surface area contributed by atoms with Crippen molar-refractivity contribution in [3.05, 3.63) is 11.1 Å². The molecule has 0 aliphatic heterocycles. The normalized spacial score (nSPS) is 13.4. The first-order valence-electron chi connectivity index (χ1n) is 5.18. The molecule has 0 saturated carbocycles. The molecule has 2 nitrogen and oxygen atoms in total. The maximum atomic E-state index is 11.9. The van der Waals surface area contributed by atoms with Gasteiger partial charge in [-0.25, -0.2) is 4.79 Å². The highest BCUT2D eigenvalue weighted by Crippen LogP contribution is 2.24. The molecule has 0 atom stereocenters. The van der Waals surface area contributed by atoms with E-state index in [0.29, 0.717) is 11.1 Å². The maximum Gasteiger partial charge on any atom is 0.389 e. The van der Waals surface area contributed by atoms with Crippen molar-refractivity contribution in [2.24, 2.45) is 0 Å². The molecular weight excluding hydrogens is 221 g/mol. The zero-order valence-electron chi connectivity index (χ0n) is 9.78. The summed E-state index contributed by atoms with van der Waals surface area (Å²) in [6.07, 6.45) is -4.67. The van der Waals surface area contributed by atoms with Crippen molar-refractivity contribution in [1.29, 1.82) is 0 Å². The Morgan fingerprint density at radius 1 is 1.25 bits per heavy atom. The van der Waals surface area contributed by atoms with E-state index in [1.807, 2.05) is 0 Å². The Labute approximate surface area is 93.5 Å². The van der Waals surface area contributed by atoms with E-state index in [-0.39, 0.29) is 19.4 Å². The molecule has 0 bridgehead atoms. The van der Waals surface area contributed by atoms with Crippen molar-refractivity contribution in [2.45, 2.75) is 46.2 Å². The van der Waals surface area contributed by atoms with E-state index >= 15 is 0 Å². The molecule has 0 amide bonds. The highest BCUT2D eigenvalue weighted by atomic mass is 19.4. The molecule has 0 N–H and O–H groups in total. The van der Waals surface area contributed by atoms with Crippen LogP contribution in [0, 0.1) is 0 Å². The molecule has 0 aromatic rings. The van der Waals surface area contributed by atoms with Gasteiger partial charge in [-0.05, 0) is 33.6 Å². The minimum Gasteiger partial charge on any atom is -0.463 e. The lowest BCUT2D eigenvalue weighted by atomic mass is 10.0. The summed E-state index contributed by atoms with van der Waals surface area (Å²) in [6, 6.07) is 0. The van der Waals surface area contributed by atoms with Gasteiger partial charge in [0, 0.05) is 12.0 Å². The van der Waals surface area contributed by atoms with E-state index in [9.17, 15) is 18.0 Å². The SMILES string of the molecule is CCOC(=O)C(C)=C(C)CCCC(F)(F)F. The fraction of sp³-hybridized carbons (Fsp3) is 0.727. The zero-order chi connectivity index (χ0) is 12.8. The molecule has 0 unspecified atom stereocenters. The van der Waals surface area contributed by atoms with Crippen LogP contribution in [-0.2, 0) is 9.53 Å². The second-order valence-electron chi connectivity index (χ2n) is 3.59. The van der Waals surface area contributed by atoms with Crippen LogP contribution in [-0.4, -0.2) is 18.8 Å². The first kappa shape index (κ1) is 15.0. The Morgan fingerprint density at radius 3 is 2.25 bits per heavy atom. The predicted octanol–water partition coefficient (Wildman–Crippen LogP) is 3.62. The molecule has 94 valence electrons. The lowest BCUT2D eigenvalue weighted by molar-refractivity contribution is -0.138. The van der Waals surface area contributed by atoms with Crippen LogP contribution in [0.1, 0.15) is 40.0 Å². The third kappa shape index (κ3) is 6.48. The first-order chi connectivity index (χ1) is 7.28. The number of carbonyl (C=O) groups excluding carboxylic acids is 1. The quantitative estimate of drug-likeness (QED) is 0.540. The van der Waals surface area contributed by atoms with E-state index < -0.39 is 18.6 Å². The van der Waals surface area contributed by atoms with Gasteiger partial charge < -0.3 is 4.74 Å². The molecule has 0 heterocycles. The van der Waals surface area contributed by atoms with Crippen molar-refractivity contribution in [1.82, 2.24) is 0 Å². The van der Waals surface area contributed by atoms with Crippen LogP contribution < -0.4 is 0 Å². The van der Waals surface area contributed by atoms with Crippen molar-refractivity contribution in [3.63, 3.8) is 0 Å². The minimum atomic E-state index is -4.13. The van der Waals surface area contributed by atoms with Crippen LogP contribution in [0.25, 0.3) is 0 Å². The molecule has 0 aliphatic carbocycles. The van der Waals surface area contributed by atoms with Crippen molar-refractivity contribution in [3.8, 4) is 0 Å². The van der Waals surface area contributed by atoms with Gasteiger partial charge in [-0.1, -0.05) is 5.57 Å². The van der Waals surface area contributed by atoms with Crippen molar-refractivity contribution >= 4 is 5.97 Å². The van der Waals surface area contributed by atoms with E-state index in [4.69, 9.17) is 4.74 Å². The molecule has 0 saturated heterocycles. The Balaban J connectivity index is 4.17. The number of allylic oxidation sites excluding steroid dienone is 1. The zero-order valence-corrected chi connectivity index (χ0v) is 9.78. The van der Waals surface area contributed by atoms with Crippen LogP contribution in [0.4, 0.5) is 13.2 Å². The van der Waals surface area contributed by atoms with Crippen LogP contribution in [0.2, 0.25) is 0 Å². The highest BCUT2D eigenvalue weighted by molar-refractivity contribution is 5.88. The van der Waals surface area contributed by atoms with Gasteiger partial charge in [-0.2, -0.15) is 13.2 Å². The smallest absolute Gasteiger partial charge is 0.389 e. The molecule has 5 heteroatoms. The van der Waals surface area contributed by atoms with Crippen molar-refractivity contribution < 1.29 is 22.7 Å². The molecule has 0 aromatic heterocycles. The fourth-order valence-corrected chi connectivity index (χ4v) is 1.16.